The van der Waals surface area contributed by atoms with Crippen molar-refractivity contribution in [1.82, 2.24) is 9.03 Å². The summed E-state index contributed by atoms with van der Waals surface area (Å²) in [5.74, 6) is -1.29. The Kier molecular flexibility index (Phi) is 5.31. The molecule has 3 aliphatic rings. The van der Waals surface area contributed by atoms with Crippen LogP contribution < -0.4 is 8.91 Å². The molecule has 3 atom stereocenters. The summed E-state index contributed by atoms with van der Waals surface area (Å²) in [6, 6.07) is 3.63. The van der Waals surface area contributed by atoms with Crippen LogP contribution in [0, 0.1) is 11.8 Å². The molecule has 1 saturated carbocycles. The molecule has 1 heterocycles. The standard InChI is InChI=1S/C17H18F6N2O5S2/c18-16(19,20)9-25-8-15(24-32(25,28)29)12-2-3-13(15)6-11-7-14(4-1-10(11)5-12)30-31(26,27)17(21,22)23/h1,4,7,12-13,24H,2-3,5-6,8-9H2/t12-,13+,15+/m0/s1. The predicted octanol–water partition coefficient (Wildman–Crippen LogP) is 2.49. The number of hydrogen-bond acceptors (Lipinski definition) is 5. The van der Waals surface area contributed by atoms with E-state index in [4.69, 9.17) is 0 Å². The topological polar surface area (TPSA) is 92.8 Å². The van der Waals surface area contributed by atoms with E-state index in [1.165, 1.54) is 6.07 Å². The van der Waals surface area contributed by atoms with Gasteiger partial charge in [-0.15, -0.1) is 0 Å². The summed E-state index contributed by atoms with van der Waals surface area (Å²) in [5.41, 5.74) is -5.63. The summed E-state index contributed by atoms with van der Waals surface area (Å²) < 4.78 is 131. The number of rotatable bonds is 3. The summed E-state index contributed by atoms with van der Waals surface area (Å²) in [7, 11) is -10.2. The Morgan fingerprint density at radius 3 is 2.22 bits per heavy atom. The Morgan fingerprint density at radius 2 is 1.66 bits per heavy atom. The highest BCUT2D eigenvalue weighted by atomic mass is 32.2. The van der Waals surface area contributed by atoms with Crippen LogP contribution in [0.15, 0.2) is 18.2 Å². The van der Waals surface area contributed by atoms with Crippen molar-refractivity contribution in [2.75, 3.05) is 13.1 Å². The third-order valence-electron chi connectivity index (χ3n) is 6.37. The van der Waals surface area contributed by atoms with Crippen LogP contribution in [0.5, 0.6) is 5.75 Å². The van der Waals surface area contributed by atoms with Gasteiger partial charge in [0.05, 0.1) is 5.54 Å². The molecule has 1 aromatic carbocycles. The van der Waals surface area contributed by atoms with Crippen LogP contribution in [0.2, 0.25) is 0 Å². The van der Waals surface area contributed by atoms with E-state index in [0.29, 0.717) is 28.3 Å². The lowest BCUT2D eigenvalue weighted by Gasteiger charge is -2.33. The van der Waals surface area contributed by atoms with Gasteiger partial charge in [-0.05, 0) is 60.8 Å². The second-order valence-corrected chi connectivity index (χ2v) is 11.5. The van der Waals surface area contributed by atoms with Crippen molar-refractivity contribution in [2.24, 2.45) is 11.8 Å². The summed E-state index contributed by atoms with van der Waals surface area (Å²) in [5, 5.41) is 0. The van der Waals surface area contributed by atoms with Crippen molar-refractivity contribution in [2.45, 2.75) is 42.9 Å². The highest BCUT2D eigenvalue weighted by Gasteiger charge is 2.60. The van der Waals surface area contributed by atoms with E-state index in [-0.39, 0.29) is 25.3 Å². The van der Waals surface area contributed by atoms with Gasteiger partial charge in [-0.25, -0.2) is 0 Å². The van der Waals surface area contributed by atoms with Crippen LogP contribution in [0.25, 0.3) is 0 Å². The van der Waals surface area contributed by atoms with Gasteiger partial charge in [0.2, 0.25) is 0 Å². The summed E-state index contributed by atoms with van der Waals surface area (Å²) in [4.78, 5) is 0. The normalized spacial score (nSPS) is 30.3. The molecule has 15 heteroatoms. The van der Waals surface area contributed by atoms with Gasteiger partial charge >= 0.3 is 21.8 Å². The molecule has 2 bridgehead atoms. The van der Waals surface area contributed by atoms with Crippen molar-refractivity contribution in [3.05, 3.63) is 29.3 Å². The molecule has 7 nitrogen and oxygen atoms in total. The van der Waals surface area contributed by atoms with E-state index in [1.807, 2.05) is 0 Å². The van der Waals surface area contributed by atoms with E-state index in [0.717, 1.165) is 12.1 Å². The van der Waals surface area contributed by atoms with Gasteiger partial charge in [-0.3, -0.25) is 0 Å². The molecule has 180 valence electrons. The lowest BCUT2D eigenvalue weighted by molar-refractivity contribution is -0.136. The van der Waals surface area contributed by atoms with Crippen LogP contribution >= 0.6 is 0 Å². The maximum absolute atomic E-state index is 12.9. The molecule has 4 rings (SSSR count). The molecular formula is C17H18F6N2O5S2. The largest absolute Gasteiger partial charge is 0.534 e. The Morgan fingerprint density at radius 1 is 1.06 bits per heavy atom. The fourth-order valence-corrected chi connectivity index (χ4v) is 7.21. The number of nitrogens with one attached hydrogen (secondary N) is 1. The summed E-state index contributed by atoms with van der Waals surface area (Å²) in [6.07, 6.45) is -3.23. The van der Waals surface area contributed by atoms with E-state index in [9.17, 15) is 43.2 Å². The smallest absolute Gasteiger partial charge is 0.376 e. The Labute approximate surface area is 180 Å². The lowest BCUT2D eigenvalue weighted by Crippen LogP contribution is -2.52. The second kappa shape index (κ2) is 7.21. The quantitative estimate of drug-likeness (QED) is 0.385. The molecule has 0 amide bonds. The van der Waals surface area contributed by atoms with Crippen LogP contribution in [0.1, 0.15) is 24.0 Å². The van der Waals surface area contributed by atoms with Gasteiger partial charge in [0.1, 0.15) is 12.3 Å². The van der Waals surface area contributed by atoms with E-state index in [2.05, 4.69) is 8.91 Å². The highest BCUT2D eigenvalue weighted by Crippen LogP contribution is 2.51. The number of benzene rings is 1. The van der Waals surface area contributed by atoms with E-state index in [1.54, 1.807) is 0 Å². The zero-order chi connectivity index (χ0) is 23.7. The van der Waals surface area contributed by atoms with Gasteiger partial charge in [-0.2, -0.15) is 52.2 Å². The van der Waals surface area contributed by atoms with E-state index < -0.39 is 55.8 Å². The number of fused-ring (bicyclic) bond motifs is 1. The van der Waals surface area contributed by atoms with Crippen molar-refractivity contribution in [1.29, 1.82) is 0 Å². The Balaban J connectivity index is 1.63. The maximum Gasteiger partial charge on any atom is 0.534 e. The third kappa shape index (κ3) is 4.07. The molecule has 1 spiro atoms. The SMILES string of the molecule is O=S1(=O)N[C@@]2(CN1CC(F)(F)F)[C@@H]1CC[C@H]2Cc2ccc(OS(=O)(=O)C(F)(F)F)cc2C1. The molecule has 32 heavy (non-hydrogen) atoms. The summed E-state index contributed by atoms with van der Waals surface area (Å²) in [6.45, 7) is -1.99. The predicted molar refractivity (Wildman–Crippen MR) is 98.1 cm³/mol. The number of nitrogens with zero attached hydrogens (tertiary/aromatic N) is 1. The molecule has 1 saturated heterocycles. The first-order chi connectivity index (χ1) is 14.5. The molecule has 1 aromatic rings. The molecular weight excluding hydrogens is 490 g/mol. The first-order valence-corrected chi connectivity index (χ1v) is 12.4. The maximum atomic E-state index is 12.9. The number of alkyl halides is 6. The van der Waals surface area contributed by atoms with Gasteiger partial charge in [-0.1, -0.05) is 6.07 Å². The van der Waals surface area contributed by atoms with Crippen LogP contribution in [-0.4, -0.2) is 51.5 Å². The monoisotopic (exact) mass is 508 g/mol. The van der Waals surface area contributed by atoms with Crippen molar-refractivity contribution >= 4 is 20.3 Å². The fraction of sp³-hybridized carbons (Fsp3) is 0.647. The minimum atomic E-state index is -5.86. The van der Waals surface area contributed by atoms with Crippen LogP contribution in [0.4, 0.5) is 26.3 Å². The molecule has 1 N–H and O–H groups in total. The molecule has 2 fully saturated rings. The summed E-state index contributed by atoms with van der Waals surface area (Å²) >= 11 is 0. The first kappa shape index (κ1) is 23.6. The first-order valence-electron chi connectivity index (χ1n) is 9.51. The lowest BCUT2D eigenvalue weighted by atomic mass is 9.79. The average molecular weight is 508 g/mol. The second-order valence-electron chi connectivity index (χ2n) is 8.32. The van der Waals surface area contributed by atoms with E-state index >= 15 is 0 Å². The Hall–Kier alpha value is -1.58. The molecule has 0 unspecified atom stereocenters. The van der Waals surface area contributed by atoms with Gasteiger partial charge in [0.15, 0.2) is 0 Å². The van der Waals surface area contributed by atoms with Gasteiger partial charge < -0.3 is 4.18 Å². The average Bonchev–Trinajstić information content (AvgIpc) is 2.98. The number of halogens is 6. The zero-order valence-electron chi connectivity index (χ0n) is 16.2. The van der Waals surface area contributed by atoms with Gasteiger partial charge in [0.25, 0.3) is 10.2 Å². The van der Waals surface area contributed by atoms with Crippen LogP contribution in [-0.2, 0) is 33.2 Å². The highest BCUT2D eigenvalue weighted by molar-refractivity contribution is 7.88. The minimum absolute atomic E-state index is 0.150. The zero-order valence-corrected chi connectivity index (χ0v) is 17.8. The van der Waals surface area contributed by atoms with Crippen molar-refractivity contribution in [3.63, 3.8) is 0 Å². The molecule has 0 radical (unpaired) electrons. The Bertz CT molecular complexity index is 1140. The fourth-order valence-electron chi connectivity index (χ4n) is 5.05. The molecule has 1 aliphatic heterocycles. The van der Waals surface area contributed by atoms with Gasteiger partial charge in [0, 0.05) is 6.54 Å². The minimum Gasteiger partial charge on any atom is -0.376 e. The third-order valence-corrected chi connectivity index (χ3v) is 8.93. The molecule has 2 aliphatic carbocycles. The van der Waals surface area contributed by atoms with Crippen molar-refractivity contribution < 1.29 is 47.4 Å². The van der Waals surface area contributed by atoms with Crippen LogP contribution in [0.3, 0.4) is 0 Å². The van der Waals surface area contributed by atoms with Crippen molar-refractivity contribution in [3.8, 4) is 5.75 Å². The number of hydrogen-bond donors (Lipinski definition) is 1. The molecule has 0 aromatic heterocycles.